The highest BCUT2D eigenvalue weighted by atomic mass is 16.2. The zero-order chi connectivity index (χ0) is 10.2. The Balaban J connectivity index is 2.07. The summed E-state index contributed by atoms with van der Waals surface area (Å²) in [5.74, 6) is 1.14. The molecule has 0 spiro atoms. The average molecular weight is 195 g/mol. The van der Waals surface area contributed by atoms with Crippen molar-refractivity contribution < 1.29 is 4.79 Å². The van der Waals surface area contributed by atoms with E-state index in [-0.39, 0.29) is 5.91 Å². The van der Waals surface area contributed by atoms with Gasteiger partial charge >= 0.3 is 0 Å². The molecule has 1 saturated carbocycles. The zero-order valence-corrected chi connectivity index (χ0v) is 9.38. The number of carbonyl (C=O) groups is 1. The Morgan fingerprint density at radius 2 is 2.14 bits per heavy atom. The predicted molar refractivity (Wildman–Crippen MR) is 56.9 cm³/mol. The summed E-state index contributed by atoms with van der Waals surface area (Å²) in [6, 6.07) is 0. The molecule has 0 N–H and O–H groups in total. The van der Waals surface area contributed by atoms with Gasteiger partial charge in [-0.2, -0.15) is 0 Å². The number of hydrogen-bond donors (Lipinski definition) is 0. The number of amides is 1. The van der Waals surface area contributed by atoms with Crippen molar-refractivity contribution in [2.45, 2.75) is 46.0 Å². The van der Waals surface area contributed by atoms with E-state index in [9.17, 15) is 4.79 Å². The Morgan fingerprint density at radius 1 is 1.36 bits per heavy atom. The van der Waals surface area contributed by atoms with Crippen molar-refractivity contribution in [2.75, 3.05) is 13.1 Å². The maximum atomic E-state index is 11.3. The van der Waals surface area contributed by atoms with Crippen LogP contribution in [0.2, 0.25) is 0 Å². The van der Waals surface area contributed by atoms with Crippen molar-refractivity contribution in [3.63, 3.8) is 0 Å². The molecule has 1 heterocycles. The summed E-state index contributed by atoms with van der Waals surface area (Å²) in [6.45, 7) is 6.08. The summed E-state index contributed by atoms with van der Waals surface area (Å²) in [7, 11) is 0. The Morgan fingerprint density at radius 3 is 2.86 bits per heavy atom. The van der Waals surface area contributed by atoms with Crippen LogP contribution in [0.4, 0.5) is 0 Å². The molecule has 80 valence electrons. The molecule has 0 unspecified atom stereocenters. The number of carbonyl (C=O) groups excluding carboxylic acids is 1. The highest BCUT2D eigenvalue weighted by Gasteiger charge is 2.41. The molecule has 1 aliphatic carbocycles. The number of rotatable bonds is 0. The highest BCUT2D eigenvalue weighted by Crippen LogP contribution is 2.45. The highest BCUT2D eigenvalue weighted by molar-refractivity contribution is 5.73. The minimum Gasteiger partial charge on any atom is -0.342 e. The predicted octanol–water partition coefficient (Wildman–Crippen LogP) is 2.44. The van der Waals surface area contributed by atoms with Crippen molar-refractivity contribution in [1.29, 1.82) is 0 Å². The van der Waals surface area contributed by atoms with Gasteiger partial charge in [-0.3, -0.25) is 4.79 Å². The van der Waals surface area contributed by atoms with Gasteiger partial charge in [0.25, 0.3) is 0 Å². The second-order valence-electron chi connectivity index (χ2n) is 5.33. The van der Waals surface area contributed by atoms with E-state index in [0.29, 0.717) is 5.41 Å². The second-order valence-corrected chi connectivity index (χ2v) is 5.33. The molecule has 1 saturated heterocycles. The van der Waals surface area contributed by atoms with E-state index >= 15 is 0 Å². The second kappa shape index (κ2) is 3.56. The van der Waals surface area contributed by atoms with Gasteiger partial charge in [0.15, 0.2) is 0 Å². The molecule has 0 aromatic carbocycles. The summed E-state index contributed by atoms with van der Waals surface area (Å²) in [6.07, 6.45) is 6.71. The lowest BCUT2D eigenvalue weighted by Gasteiger charge is -2.49. The molecular formula is C12H21NO. The summed E-state index contributed by atoms with van der Waals surface area (Å²) in [5, 5.41) is 0. The van der Waals surface area contributed by atoms with Gasteiger partial charge in [0, 0.05) is 20.0 Å². The van der Waals surface area contributed by atoms with Crippen LogP contribution in [-0.2, 0) is 4.79 Å². The maximum Gasteiger partial charge on any atom is 0.219 e. The van der Waals surface area contributed by atoms with Crippen molar-refractivity contribution in [3.8, 4) is 0 Å². The van der Waals surface area contributed by atoms with E-state index < -0.39 is 0 Å². The van der Waals surface area contributed by atoms with Crippen LogP contribution in [-0.4, -0.2) is 23.9 Å². The lowest BCUT2D eigenvalue weighted by Crippen LogP contribution is -2.50. The van der Waals surface area contributed by atoms with Crippen LogP contribution in [0, 0.1) is 11.3 Å². The van der Waals surface area contributed by atoms with E-state index in [1.165, 1.54) is 32.1 Å². The normalized spacial score (nSPS) is 37.9. The standard InChI is InChI=1S/C12H21NO/c1-10(14)13-8-6-11-5-3-4-7-12(11,2)9-13/h11H,3-9H2,1-2H3/t11-,12+/m0/s1. The molecular weight excluding hydrogens is 174 g/mol. The Hall–Kier alpha value is -0.530. The number of hydrogen-bond acceptors (Lipinski definition) is 1. The van der Waals surface area contributed by atoms with Crippen LogP contribution < -0.4 is 0 Å². The van der Waals surface area contributed by atoms with Crippen LogP contribution >= 0.6 is 0 Å². The molecule has 14 heavy (non-hydrogen) atoms. The Kier molecular flexibility index (Phi) is 2.54. The third-order valence-corrected chi connectivity index (χ3v) is 4.28. The lowest BCUT2D eigenvalue weighted by molar-refractivity contribution is -0.134. The monoisotopic (exact) mass is 195 g/mol. The first-order valence-electron chi connectivity index (χ1n) is 5.87. The number of piperidine rings is 1. The minimum atomic E-state index is 0.259. The van der Waals surface area contributed by atoms with Gasteiger partial charge in [0.05, 0.1) is 0 Å². The topological polar surface area (TPSA) is 20.3 Å². The van der Waals surface area contributed by atoms with Crippen LogP contribution in [0.1, 0.15) is 46.0 Å². The molecule has 2 heteroatoms. The van der Waals surface area contributed by atoms with E-state index in [1.54, 1.807) is 6.92 Å². The van der Waals surface area contributed by atoms with Crippen molar-refractivity contribution in [2.24, 2.45) is 11.3 Å². The fraction of sp³-hybridized carbons (Fsp3) is 0.917. The van der Waals surface area contributed by atoms with Gasteiger partial charge in [0.1, 0.15) is 0 Å². The average Bonchev–Trinajstić information content (AvgIpc) is 2.15. The third-order valence-electron chi connectivity index (χ3n) is 4.28. The van der Waals surface area contributed by atoms with Gasteiger partial charge in [-0.05, 0) is 30.6 Å². The van der Waals surface area contributed by atoms with Crippen LogP contribution in [0.3, 0.4) is 0 Å². The fourth-order valence-electron chi connectivity index (χ4n) is 3.27. The van der Waals surface area contributed by atoms with E-state index in [0.717, 1.165) is 19.0 Å². The van der Waals surface area contributed by atoms with E-state index in [2.05, 4.69) is 6.92 Å². The summed E-state index contributed by atoms with van der Waals surface area (Å²) in [4.78, 5) is 13.4. The Bertz CT molecular complexity index is 238. The molecule has 2 atom stereocenters. The molecule has 2 rings (SSSR count). The smallest absolute Gasteiger partial charge is 0.219 e. The largest absolute Gasteiger partial charge is 0.342 e. The van der Waals surface area contributed by atoms with Gasteiger partial charge in [-0.25, -0.2) is 0 Å². The SMILES string of the molecule is CC(=O)N1CC[C@@H]2CCCC[C@]2(C)C1. The Labute approximate surface area is 86.7 Å². The van der Waals surface area contributed by atoms with Crippen LogP contribution in [0.25, 0.3) is 0 Å². The molecule has 0 radical (unpaired) electrons. The minimum absolute atomic E-state index is 0.259. The quantitative estimate of drug-likeness (QED) is 0.581. The fourth-order valence-corrected chi connectivity index (χ4v) is 3.27. The first-order valence-corrected chi connectivity index (χ1v) is 5.87. The van der Waals surface area contributed by atoms with Crippen molar-refractivity contribution in [1.82, 2.24) is 4.90 Å². The van der Waals surface area contributed by atoms with Gasteiger partial charge < -0.3 is 4.90 Å². The summed E-state index contributed by atoms with van der Waals surface area (Å²) >= 11 is 0. The number of nitrogens with zero attached hydrogens (tertiary/aromatic N) is 1. The molecule has 2 fully saturated rings. The number of likely N-dealkylation sites (tertiary alicyclic amines) is 1. The molecule has 0 aromatic rings. The number of fused-ring (bicyclic) bond motifs is 1. The van der Waals surface area contributed by atoms with Crippen LogP contribution in [0.15, 0.2) is 0 Å². The summed E-state index contributed by atoms with van der Waals surface area (Å²) in [5.41, 5.74) is 0.433. The lowest BCUT2D eigenvalue weighted by atomic mass is 9.64. The van der Waals surface area contributed by atoms with Crippen LogP contribution in [0.5, 0.6) is 0 Å². The maximum absolute atomic E-state index is 11.3. The van der Waals surface area contributed by atoms with Crippen molar-refractivity contribution in [3.05, 3.63) is 0 Å². The first-order chi connectivity index (χ1) is 6.62. The van der Waals surface area contributed by atoms with E-state index in [4.69, 9.17) is 0 Å². The first kappa shape index (κ1) is 10.0. The molecule has 1 aliphatic heterocycles. The van der Waals surface area contributed by atoms with Gasteiger partial charge in [-0.1, -0.05) is 19.8 Å². The van der Waals surface area contributed by atoms with Gasteiger partial charge in [-0.15, -0.1) is 0 Å². The van der Waals surface area contributed by atoms with E-state index in [1.807, 2.05) is 4.90 Å². The van der Waals surface area contributed by atoms with Gasteiger partial charge in [0.2, 0.25) is 5.91 Å². The molecule has 2 nitrogen and oxygen atoms in total. The molecule has 1 amide bonds. The molecule has 2 aliphatic rings. The van der Waals surface area contributed by atoms with Crippen molar-refractivity contribution >= 4 is 5.91 Å². The zero-order valence-electron chi connectivity index (χ0n) is 9.38. The molecule has 0 aromatic heterocycles. The molecule has 0 bridgehead atoms. The third kappa shape index (κ3) is 1.67. The summed E-state index contributed by atoms with van der Waals surface area (Å²) < 4.78 is 0.